The van der Waals surface area contributed by atoms with Gasteiger partial charge in [0, 0.05) is 25.7 Å². The molecule has 0 saturated carbocycles. The van der Waals surface area contributed by atoms with Gasteiger partial charge in [0.05, 0.1) is 10.5 Å². The molecule has 108 valence electrons. The lowest BCUT2D eigenvalue weighted by Crippen LogP contribution is -2.36. The van der Waals surface area contributed by atoms with Gasteiger partial charge in [-0.05, 0) is 20.0 Å². The molecule has 0 bridgehead atoms. The van der Waals surface area contributed by atoms with Crippen LogP contribution < -0.4 is 10.6 Å². The van der Waals surface area contributed by atoms with E-state index < -0.39 is 4.92 Å². The van der Waals surface area contributed by atoms with Crippen LogP contribution in [0.4, 0.5) is 11.5 Å². The molecule has 1 saturated heterocycles. The minimum atomic E-state index is -0.563. The molecule has 1 atom stereocenters. The fourth-order valence-corrected chi connectivity index (χ4v) is 2.24. The summed E-state index contributed by atoms with van der Waals surface area (Å²) in [6, 6.07) is 1.31. The van der Waals surface area contributed by atoms with E-state index in [0.717, 1.165) is 25.7 Å². The lowest BCUT2D eigenvalue weighted by Gasteiger charge is -2.14. The van der Waals surface area contributed by atoms with Gasteiger partial charge in [0.2, 0.25) is 0 Å². The van der Waals surface area contributed by atoms with Crippen LogP contribution in [0.5, 0.6) is 0 Å². The molecule has 2 rings (SSSR count). The summed E-state index contributed by atoms with van der Waals surface area (Å²) < 4.78 is 0. The number of anilines is 1. The van der Waals surface area contributed by atoms with Gasteiger partial charge >= 0.3 is 0 Å². The Balaban J connectivity index is 2.19. The highest BCUT2D eigenvalue weighted by molar-refractivity contribution is 5.99. The Kier molecular flexibility index (Phi) is 4.14. The Labute approximate surface area is 116 Å². The molecule has 2 N–H and O–H groups in total. The molecular weight excluding hydrogens is 262 g/mol. The van der Waals surface area contributed by atoms with Crippen molar-refractivity contribution in [3.05, 3.63) is 27.9 Å². The standard InChI is InChI=1S/C12H17N5O3/c1-13-11-10(5-9(6-14-11)17(19)20)12(18)15-8-3-4-16(2)7-8/h5-6,8H,3-4,7H2,1-2H3,(H,13,14)(H,15,18). The molecule has 0 spiro atoms. The second kappa shape index (κ2) is 5.83. The van der Waals surface area contributed by atoms with Crippen molar-refractivity contribution in [3.8, 4) is 0 Å². The third-order valence-corrected chi connectivity index (χ3v) is 3.29. The SMILES string of the molecule is CNc1ncc([N+](=O)[O-])cc1C(=O)NC1CCN(C)C1. The largest absolute Gasteiger partial charge is 0.372 e. The predicted molar refractivity (Wildman–Crippen MR) is 73.8 cm³/mol. The summed E-state index contributed by atoms with van der Waals surface area (Å²) >= 11 is 0. The quantitative estimate of drug-likeness (QED) is 0.613. The van der Waals surface area contributed by atoms with E-state index in [2.05, 4.69) is 20.5 Å². The van der Waals surface area contributed by atoms with Crippen molar-refractivity contribution in [2.24, 2.45) is 0 Å². The Hall–Kier alpha value is -2.22. The number of amides is 1. The maximum absolute atomic E-state index is 12.2. The van der Waals surface area contributed by atoms with Gasteiger partial charge in [-0.15, -0.1) is 0 Å². The molecule has 0 aliphatic carbocycles. The van der Waals surface area contributed by atoms with E-state index in [1.807, 2.05) is 7.05 Å². The first-order valence-electron chi connectivity index (χ1n) is 6.33. The second-order valence-electron chi connectivity index (χ2n) is 4.82. The normalized spacial score (nSPS) is 18.8. The number of nitro groups is 1. The Morgan fingerprint density at radius 3 is 2.90 bits per heavy atom. The van der Waals surface area contributed by atoms with Gasteiger partial charge in [0.25, 0.3) is 11.6 Å². The maximum atomic E-state index is 12.2. The summed E-state index contributed by atoms with van der Waals surface area (Å²) in [5.74, 6) is -0.00898. The van der Waals surface area contributed by atoms with Crippen molar-refractivity contribution >= 4 is 17.4 Å². The first-order valence-corrected chi connectivity index (χ1v) is 6.33. The maximum Gasteiger partial charge on any atom is 0.288 e. The van der Waals surface area contributed by atoms with Crippen molar-refractivity contribution < 1.29 is 9.72 Å². The average Bonchev–Trinajstić information content (AvgIpc) is 2.83. The molecule has 1 aromatic heterocycles. The van der Waals surface area contributed by atoms with Crippen LogP contribution in [0.2, 0.25) is 0 Å². The van der Waals surface area contributed by atoms with Crippen molar-refractivity contribution in [1.82, 2.24) is 15.2 Å². The molecule has 1 aliphatic heterocycles. The van der Waals surface area contributed by atoms with Crippen molar-refractivity contribution in [1.29, 1.82) is 0 Å². The number of nitrogens with one attached hydrogen (secondary N) is 2. The summed E-state index contributed by atoms with van der Waals surface area (Å²) in [5.41, 5.74) is -0.00561. The molecule has 1 aliphatic rings. The van der Waals surface area contributed by atoms with Gasteiger partial charge < -0.3 is 15.5 Å². The van der Waals surface area contributed by atoms with E-state index in [-0.39, 0.29) is 23.2 Å². The van der Waals surface area contributed by atoms with Crippen LogP contribution in [0.25, 0.3) is 0 Å². The monoisotopic (exact) mass is 279 g/mol. The summed E-state index contributed by atoms with van der Waals surface area (Å²) in [5, 5.41) is 16.4. The highest BCUT2D eigenvalue weighted by atomic mass is 16.6. The van der Waals surface area contributed by atoms with Gasteiger partial charge in [0.1, 0.15) is 12.0 Å². The molecule has 8 heteroatoms. The molecule has 2 heterocycles. The number of pyridine rings is 1. The number of nitrogens with zero attached hydrogens (tertiary/aromatic N) is 3. The fourth-order valence-electron chi connectivity index (χ4n) is 2.24. The summed E-state index contributed by atoms with van der Waals surface area (Å²) in [7, 11) is 3.61. The first kappa shape index (κ1) is 14.2. The zero-order chi connectivity index (χ0) is 14.7. The van der Waals surface area contributed by atoms with Gasteiger partial charge in [-0.25, -0.2) is 4.98 Å². The van der Waals surface area contributed by atoms with E-state index in [4.69, 9.17) is 0 Å². The van der Waals surface area contributed by atoms with Crippen LogP contribution in [-0.2, 0) is 0 Å². The molecular formula is C12H17N5O3. The van der Waals surface area contributed by atoms with Gasteiger partial charge in [0.15, 0.2) is 0 Å². The van der Waals surface area contributed by atoms with E-state index in [9.17, 15) is 14.9 Å². The molecule has 0 radical (unpaired) electrons. The number of rotatable bonds is 4. The number of likely N-dealkylation sites (N-methyl/N-ethyl adjacent to an activating group) is 1. The number of hydrogen-bond acceptors (Lipinski definition) is 6. The Morgan fingerprint density at radius 2 is 2.35 bits per heavy atom. The van der Waals surface area contributed by atoms with Crippen LogP contribution in [0.15, 0.2) is 12.3 Å². The molecule has 20 heavy (non-hydrogen) atoms. The lowest BCUT2D eigenvalue weighted by molar-refractivity contribution is -0.385. The molecule has 8 nitrogen and oxygen atoms in total. The number of carbonyl (C=O) groups excluding carboxylic acids is 1. The smallest absolute Gasteiger partial charge is 0.288 e. The van der Waals surface area contributed by atoms with Crippen LogP contribution in [0.1, 0.15) is 16.8 Å². The number of hydrogen-bond donors (Lipinski definition) is 2. The van der Waals surface area contributed by atoms with Gasteiger partial charge in [-0.1, -0.05) is 0 Å². The third kappa shape index (κ3) is 3.02. The average molecular weight is 279 g/mol. The van der Waals surface area contributed by atoms with E-state index in [0.29, 0.717) is 5.82 Å². The zero-order valence-corrected chi connectivity index (χ0v) is 11.4. The lowest BCUT2D eigenvalue weighted by atomic mass is 10.2. The van der Waals surface area contributed by atoms with Crippen molar-refractivity contribution in [2.75, 3.05) is 32.5 Å². The molecule has 1 unspecified atom stereocenters. The van der Waals surface area contributed by atoms with Crippen LogP contribution in [0.3, 0.4) is 0 Å². The van der Waals surface area contributed by atoms with E-state index in [1.165, 1.54) is 6.07 Å². The van der Waals surface area contributed by atoms with Crippen LogP contribution in [-0.4, -0.2) is 53.9 Å². The van der Waals surface area contributed by atoms with Crippen LogP contribution >= 0.6 is 0 Å². The zero-order valence-electron chi connectivity index (χ0n) is 11.4. The summed E-state index contributed by atoms with van der Waals surface area (Å²) in [6.07, 6.45) is 2.01. The summed E-state index contributed by atoms with van der Waals surface area (Å²) in [6.45, 7) is 1.71. The second-order valence-corrected chi connectivity index (χ2v) is 4.82. The fraction of sp³-hybridized carbons (Fsp3) is 0.500. The van der Waals surface area contributed by atoms with Gasteiger partial charge in [-0.3, -0.25) is 14.9 Å². The van der Waals surface area contributed by atoms with Crippen molar-refractivity contribution in [2.45, 2.75) is 12.5 Å². The topological polar surface area (TPSA) is 100 Å². The van der Waals surface area contributed by atoms with Crippen LogP contribution in [0, 0.1) is 10.1 Å². The third-order valence-electron chi connectivity index (χ3n) is 3.29. The highest BCUT2D eigenvalue weighted by Gasteiger charge is 2.24. The number of aromatic nitrogens is 1. The highest BCUT2D eigenvalue weighted by Crippen LogP contribution is 2.19. The first-order chi connectivity index (χ1) is 9.51. The Morgan fingerprint density at radius 1 is 1.60 bits per heavy atom. The number of likely N-dealkylation sites (tertiary alicyclic amines) is 1. The van der Waals surface area contributed by atoms with E-state index in [1.54, 1.807) is 7.05 Å². The number of carbonyl (C=O) groups is 1. The van der Waals surface area contributed by atoms with Crippen molar-refractivity contribution in [3.63, 3.8) is 0 Å². The summed E-state index contributed by atoms with van der Waals surface area (Å²) in [4.78, 5) is 28.5. The minimum Gasteiger partial charge on any atom is -0.372 e. The molecule has 1 aromatic rings. The molecule has 1 fully saturated rings. The van der Waals surface area contributed by atoms with Gasteiger partial charge in [-0.2, -0.15) is 0 Å². The molecule has 1 amide bonds. The van der Waals surface area contributed by atoms with E-state index >= 15 is 0 Å². The minimum absolute atomic E-state index is 0.0662. The molecule has 0 aromatic carbocycles. The predicted octanol–water partition coefficient (Wildman–Crippen LogP) is 0.465. The Bertz CT molecular complexity index is 534.